The van der Waals surface area contributed by atoms with Crippen LogP contribution in [-0.4, -0.2) is 9.97 Å². The molecule has 39 heavy (non-hydrogen) atoms. The van der Waals surface area contributed by atoms with Gasteiger partial charge in [-0.1, -0.05) is 102 Å². The zero-order valence-corrected chi connectivity index (χ0v) is 23.7. The molecule has 0 unspecified atom stereocenters. The molecule has 191 valence electrons. The summed E-state index contributed by atoms with van der Waals surface area (Å²) in [7, 11) is 0. The van der Waals surface area contributed by atoms with E-state index in [-0.39, 0.29) is 20.1 Å². The van der Waals surface area contributed by atoms with Gasteiger partial charge in [-0.15, -0.1) is 47.5 Å². The Bertz CT molecular complexity index is 1740. The third-order valence-electron chi connectivity index (χ3n) is 6.33. The second-order valence-corrected chi connectivity index (χ2v) is 8.96. The van der Waals surface area contributed by atoms with Crippen LogP contribution in [0.5, 0.6) is 0 Å². The Kier molecular flexibility index (Phi) is 8.07. The Hall–Kier alpha value is -4.37. The summed E-state index contributed by atoms with van der Waals surface area (Å²) in [6.45, 7) is 2.05. The summed E-state index contributed by atoms with van der Waals surface area (Å²) in [6.07, 6.45) is 3.59. The maximum Gasteiger partial charge on any atom is 0.120 e. The van der Waals surface area contributed by atoms with Gasteiger partial charge in [0, 0.05) is 37.9 Å². The normalized spacial score (nSPS) is 10.5. The number of aromatic nitrogens is 2. The Balaban J connectivity index is 0.000000155. The van der Waals surface area contributed by atoms with Gasteiger partial charge in [-0.2, -0.15) is 0 Å². The van der Waals surface area contributed by atoms with Crippen molar-refractivity contribution in [2.24, 2.45) is 0 Å². The van der Waals surface area contributed by atoms with Crippen molar-refractivity contribution in [1.29, 1.82) is 0 Å². The molecule has 3 aromatic heterocycles. The third-order valence-corrected chi connectivity index (χ3v) is 6.33. The molecule has 7 rings (SSSR count). The van der Waals surface area contributed by atoms with Crippen LogP contribution >= 0.6 is 0 Å². The quantitative estimate of drug-likeness (QED) is 0.175. The summed E-state index contributed by atoms with van der Waals surface area (Å²) in [5, 5.41) is 2.26. The van der Waals surface area contributed by atoms with Gasteiger partial charge in [0.2, 0.25) is 0 Å². The van der Waals surface area contributed by atoms with E-state index in [9.17, 15) is 0 Å². The Morgan fingerprint density at radius 1 is 0.641 bits per heavy atom. The number of benzene rings is 4. The van der Waals surface area contributed by atoms with E-state index in [0.29, 0.717) is 0 Å². The van der Waals surface area contributed by atoms with Gasteiger partial charge in [-0.25, -0.2) is 0 Å². The largest absolute Gasteiger partial charge is 0.501 e. The first-order valence-electron chi connectivity index (χ1n) is 12.5. The third kappa shape index (κ3) is 5.73. The fourth-order valence-electron chi connectivity index (χ4n) is 4.51. The second-order valence-electron chi connectivity index (χ2n) is 8.96. The van der Waals surface area contributed by atoms with E-state index >= 15 is 0 Å². The van der Waals surface area contributed by atoms with Gasteiger partial charge in [0.25, 0.3) is 0 Å². The van der Waals surface area contributed by atoms with E-state index < -0.39 is 0 Å². The molecule has 0 spiro atoms. The minimum atomic E-state index is 0. The maximum atomic E-state index is 6.02. The van der Waals surface area contributed by atoms with Crippen LogP contribution < -0.4 is 0 Å². The van der Waals surface area contributed by atoms with Crippen molar-refractivity contribution < 1.29 is 24.5 Å². The number of nitrogens with zero attached hydrogens (tertiary/aromatic N) is 2. The molecule has 7 aromatic rings. The van der Waals surface area contributed by atoms with E-state index in [1.807, 2.05) is 85.8 Å². The van der Waals surface area contributed by atoms with Gasteiger partial charge < -0.3 is 14.4 Å². The molecule has 0 amide bonds. The molecule has 0 N–H and O–H groups in total. The molecule has 0 atom stereocenters. The van der Waals surface area contributed by atoms with Crippen LogP contribution in [-0.2, 0) is 20.1 Å². The maximum absolute atomic E-state index is 6.02. The zero-order chi connectivity index (χ0) is 25.7. The van der Waals surface area contributed by atoms with Gasteiger partial charge in [0.05, 0.1) is 5.58 Å². The standard InChI is InChI=1S/C18H12NO.C17H12N.Ir/c1-12-10-14-13-6-2-3-8-17(13)20-18(14)15(11-12)16-7-4-5-9-19-16;1-2-6-14(7-3-1)15-9-11-16(12-10-15)17-8-4-5-13-18-17;/h2-10H,1H3;1-11,13H;/q2*-1;. The fraction of sp³-hybridized carbons (Fsp3) is 0.0286. The number of rotatable bonds is 3. The summed E-state index contributed by atoms with van der Waals surface area (Å²) in [5.41, 5.74) is 9.03. The van der Waals surface area contributed by atoms with Crippen LogP contribution in [0.25, 0.3) is 55.6 Å². The van der Waals surface area contributed by atoms with E-state index in [1.165, 1.54) is 11.1 Å². The van der Waals surface area contributed by atoms with Crippen molar-refractivity contribution in [3.8, 4) is 33.6 Å². The molecular weight excluding hydrogens is 657 g/mol. The summed E-state index contributed by atoms with van der Waals surface area (Å²) in [4.78, 5) is 8.74. The van der Waals surface area contributed by atoms with Crippen molar-refractivity contribution in [2.45, 2.75) is 6.92 Å². The van der Waals surface area contributed by atoms with Crippen LogP contribution in [0.15, 0.2) is 132 Å². The molecule has 0 bridgehead atoms. The average Bonchev–Trinajstić information content (AvgIpc) is 3.37. The summed E-state index contributed by atoms with van der Waals surface area (Å²) < 4.78 is 6.02. The molecule has 0 aliphatic carbocycles. The Morgan fingerprint density at radius 2 is 1.33 bits per heavy atom. The second kappa shape index (κ2) is 12.0. The predicted molar refractivity (Wildman–Crippen MR) is 154 cm³/mol. The minimum Gasteiger partial charge on any atom is -0.501 e. The molecule has 0 aliphatic rings. The molecule has 1 radical (unpaired) electrons. The van der Waals surface area contributed by atoms with Crippen molar-refractivity contribution in [3.63, 3.8) is 0 Å². The van der Waals surface area contributed by atoms with Crippen molar-refractivity contribution >= 4 is 21.9 Å². The number of furan rings is 1. The Morgan fingerprint density at radius 3 is 2.03 bits per heavy atom. The molecule has 0 saturated carbocycles. The van der Waals surface area contributed by atoms with E-state index in [0.717, 1.165) is 50.0 Å². The first-order chi connectivity index (χ1) is 18.8. The van der Waals surface area contributed by atoms with E-state index in [2.05, 4.69) is 58.5 Å². The molecule has 0 fully saturated rings. The number of pyridine rings is 2. The van der Waals surface area contributed by atoms with Crippen molar-refractivity contribution in [2.75, 3.05) is 0 Å². The monoisotopic (exact) mass is 681 g/mol. The van der Waals surface area contributed by atoms with Crippen LogP contribution in [0, 0.1) is 19.1 Å². The number of para-hydroxylation sites is 1. The predicted octanol–water partition coefficient (Wildman–Crippen LogP) is 8.97. The molecule has 4 aromatic carbocycles. The molecule has 3 heterocycles. The number of hydrogen-bond donors (Lipinski definition) is 0. The van der Waals surface area contributed by atoms with Crippen LogP contribution in [0.1, 0.15) is 5.56 Å². The molecular formula is C35H24IrN2O-2. The first kappa shape index (κ1) is 26.2. The zero-order valence-electron chi connectivity index (χ0n) is 21.3. The van der Waals surface area contributed by atoms with Gasteiger partial charge in [-0.3, -0.25) is 0 Å². The summed E-state index contributed by atoms with van der Waals surface area (Å²) >= 11 is 0. The van der Waals surface area contributed by atoms with E-state index in [1.54, 1.807) is 12.4 Å². The van der Waals surface area contributed by atoms with Crippen LogP contribution in [0.3, 0.4) is 0 Å². The van der Waals surface area contributed by atoms with Crippen molar-refractivity contribution in [1.82, 2.24) is 9.97 Å². The van der Waals surface area contributed by atoms with Crippen LogP contribution in [0.4, 0.5) is 0 Å². The smallest absolute Gasteiger partial charge is 0.120 e. The molecule has 0 aliphatic heterocycles. The van der Waals surface area contributed by atoms with E-state index in [4.69, 9.17) is 4.42 Å². The van der Waals surface area contributed by atoms with Gasteiger partial charge in [-0.05, 0) is 29.6 Å². The number of aryl methyl sites for hydroxylation is 1. The fourth-order valence-corrected chi connectivity index (χ4v) is 4.51. The SMILES string of the molecule is Cc1[c-]c(-c2ccccn2)c2oc3ccccc3c2c1.[Ir].[c-]1cc(-c2ccccc2)ccc1-c1ccccn1. The van der Waals surface area contributed by atoms with Gasteiger partial charge in [0.15, 0.2) is 0 Å². The van der Waals surface area contributed by atoms with Crippen LogP contribution in [0.2, 0.25) is 0 Å². The minimum absolute atomic E-state index is 0. The van der Waals surface area contributed by atoms with Gasteiger partial charge >= 0.3 is 0 Å². The summed E-state index contributed by atoms with van der Waals surface area (Å²) in [5.74, 6) is 0. The molecule has 0 saturated heterocycles. The molecule has 4 heteroatoms. The Labute approximate surface area is 241 Å². The summed E-state index contributed by atoms with van der Waals surface area (Å²) in [6, 6.07) is 45.1. The number of fused-ring (bicyclic) bond motifs is 3. The number of hydrogen-bond acceptors (Lipinski definition) is 3. The van der Waals surface area contributed by atoms with Gasteiger partial charge in [0.1, 0.15) is 5.58 Å². The van der Waals surface area contributed by atoms with Crippen molar-refractivity contribution in [3.05, 3.63) is 145 Å². The topological polar surface area (TPSA) is 38.9 Å². The first-order valence-corrected chi connectivity index (χ1v) is 12.5. The molecule has 3 nitrogen and oxygen atoms in total. The average molecular weight is 681 g/mol.